The standard InChI is InChI=1S/C12H26N2O/c1-11(2)13-7-4-10-15-12-5-8-14(3)9-6-12/h11-13H,4-10H2,1-3H3. The minimum Gasteiger partial charge on any atom is -0.378 e. The fourth-order valence-electron chi connectivity index (χ4n) is 1.86. The first-order valence-electron chi connectivity index (χ1n) is 6.22. The highest BCUT2D eigenvalue weighted by atomic mass is 16.5. The van der Waals surface area contributed by atoms with Crippen LogP contribution in [0.1, 0.15) is 33.1 Å². The minimum atomic E-state index is 0.514. The maximum atomic E-state index is 5.85. The lowest BCUT2D eigenvalue weighted by Gasteiger charge is -2.28. The van der Waals surface area contributed by atoms with Gasteiger partial charge in [-0.15, -0.1) is 0 Å². The smallest absolute Gasteiger partial charge is 0.0599 e. The molecule has 0 spiro atoms. The summed E-state index contributed by atoms with van der Waals surface area (Å²) in [6.07, 6.45) is 4.05. The predicted octanol–water partition coefficient (Wildman–Crippen LogP) is 1.49. The number of likely N-dealkylation sites (tertiary alicyclic amines) is 1. The zero-order valence-corrected chi connectivity index (χ0v) is 10.5. The van der Waals surface area contributed by atoms with Gasteiger partial charge in [0.25, 0.3) is 0 Å². The van der Waals surface area contributed by atoms with E-state index in [-0.39, 0.29) is 0 Å². The van der Waals surface area contributed by atoms with Crippen molar-refractivity contribution in [3.05, 3.63) is 0 Å². The third kappa shape index (κ3) is 6.13. The Bertz CT molecular complexity index is 154. The van der Waals surface area contributed by atoms with E-state index < -0.39 is 0 Å². The number of nitrogens with one attached hydrogen (secondary N) is 1. The van der Waals surface area contributed by atoms with Crippen molar-refractivity contribution in [1.82, 2.24) is 10.2 Å². The van der Waals surface area contributed by atoms with Gasteiger partial charge in [-0.05, 0) is 32.9 Å². The minimum absolute atomic E-state index is 0.514. The van der Waals surface area contributed by atoms with Crippen molar-refractivity contribution >= 4 is 0 Å². The Labute approximate surface area is 94.2 Å². The first-order valence-corrected chi connectivity index (χ1v) is 6.22. The Morgan fingerprint density at radius 1 is 1.33 bits per heavy atom. The SMILES string of the molecule is CC(C)NCCCOC1CCN(C)CC1. The van der Waals surface area contributed by atoms with Crippen LogP contribution in [0.3, 0.4) is 0 Å². The van der Waals surface area contributed by atoms with Gasteiger partial charge in [-0.25, -0.2) is 0 Å². The van der Waals surface area contributed by atoms with Crippen LogP contribution >= 0.6 is 0 Å². The van der Waals surface area contributed by atoms with E-state index in [1.54, 1.807) is 0 Å². The summed E-state index contributed by atoms with van der Waals surface area (Å²) in [5, 5.41) is 3.40. The van der Waals surface area contributed by atoms with Crippen LogP contribution < -0.4 is 5.32 Å². The van der Waals surface area contributed by atoms with Crippen molar-refractivity contribution < 1.29 is 4.74 Å². The van der Waals surface area contributed by atoms with E-state index in [1.165, 1.54) is 25.9 Å². The Hall–Kier alpha value is -0.120. The normalized spacial score (nSPS) is 20.0. The van der Waals surface area contributed by atoms with E-state index in [1.807, 2.05) is 0 Å². The van der Waals surface area contributed by atoms with Gasteiger partial charge in [0.2, 0.25) is 0 Å². The predicted molar refractivity (Wildman–Crippen MR) is 64.2 cm³/mol. The van der Waals surface area contributed by atoms with Crippen molar-refractivity contribution in [1.29, 1.82) is 0 Å². The molecule has 0 aromatic heterocycles. The van der Waals surface area contributed by atoms with Crippen LogP contribution in [0.25, 0.3) is 0 Å². The third-order valence-corrected chi connectivity index (χ3v) is 2.89. The average Bonchev–Trinajstić information content (AvgIpc) is 2.20. The van der Waals surface area contributed by atoms with Crippen LogP contribution in [-0.2, 0) is 4.74 Å². The fourth-order valence-corrected chi connectivity index (χ4v) is 1.86. The van der Waals surface area contributed by atoms with Crippen molar-refractivity contribution in [2.75, 3.05) is 33.3 Å². The Morgan fingerprint density at radius 3 is 2.60 bits per heavy atom. The van der Waals surface area contributed by atoms with Crippen LogP contribution in [0.15, 0.2) is 0 Å². The lowest BCUT2D eigenvalue weighted by atomic mass is 10.1. The highest BCUT2D eigenvalue weighted by Gasteiger charge is 2.16. The second-order valence-electron chi connectivity index (χ2n) is 4.84. The summed E-state index contributed by atoms with van der Waals surface area (Å²) in [5.41, 5.74) is 0. The third-order valence-electron chi connectivity index (χ3n) is 2.89. The summed E-state index contributed by atoms with van der Waals surface area (Å²) < 4.78 is 5.85. The molecule has 0 aliphatic carbocycles. The monoisotopic (exact) mass is 214 g/mol. The number of ether oxygens (including phenoxy) is 1. The quantitative estimate of drug-likeness (QED) is 0.678. The Kier molecular flexibility index (Phi) is 6.22. The van der Waals surface area contributed by atoms with Gasteiger partial charge in [0.05, 0.1) is 6.10 Å². The number of piperidine rings is 1. The molecule has 0 aromatic carbocycles. The van der Waals surface area contributed by atoms with Gasteiger partial charge in [-0.3, -0.25) is 0 Å². The van der Waals surface area contributed by atoms with Gasteiger partial charge in [-0.2, -0.15) is 0 Å². The molecule has 15 heavy (non-hydrogen) atoms. The first-order chi connectivity index (χ1) is 7.18. The van der Waals surface area contributed by atoms with Gasteiger partial charge in [0.1, 0.15) is 0 Å². The van der Waals surface area contributed by atoms with E-state index in [9.17, 15) is 0 Å². The summed E-state index contributed by atoms with van der Waals surface area (Å²) in [6.45, 7) is 8.72. The van der Waals surface area contributed by atoms with Crippen LogP contribution in [0.2, 0.25) is 0 Å². The van der Waals surface area contributed by atoms with Crippen LogP contribution in [-0.4, -0.2) is 50.3 Å². The van der Waals surface area contributed by atoms with E-state index >= 15 is 0 Å². The van der Waals surface area contributed by atoms with Gasteiger partial charge < -0.3 is 15.0 Å². The lowest BCUT2D eigenvalue weighted by molar-refractivity contribution is 0.0115. The van der Waals surface area contributed by atoms with Crippen molar-refractivity contribution in [3.63, 3.8) is 0 Å². The summed E-state index contributed by atoms with van der Waals surface area (Å²) in [5.74, 6) is 0. The Morgan fingerprint density at radius 2 is 2.00 bits per heavy atom. The molecule has 1 heterocycles. The van der Waals surface area contributed by atoms with Crippen LogP contribution in [0.4, 0.5) is 0 Å². The summed E-state index contributed by atoms with van der Waals surface area (Å²) in [7, 11) is 2.18. The molecule has 0 unspecified atom stereocenters. The molecule has 1 rings (SSSR count). The van der Waals surface area contributed by atoms with E-state index in [2.05, 4.69) is 31.1 Å². The van der Waals surface area contributed by atoms with E-state index in [4.69, 9.17) is 4.74 Å². The molecule has 1 fully saturated rings. The first kappa shape index (κ1) is 12.9. The van der Waals surface area contributed by atoms with Gasteiger partial charge in [-0.1, -0.05) is 13.8 Å². The molecule has 0 aromatic rings. The van der Waals surface area contributed by atoms with Crippen molar-refractivity contribution in [2.45, 2.75) is 45.3 Å². The molecule has 3 heteroatoms. The second-order valence-corrected chi connectivity index (χ2v) is 4.84. The molecular weight excluding hydrogens is 188 g/mol. The van der Waals surface area contributed by atoms with Gasteiger partial charge in [0, 0.05) is 25.7 Å². The zero-order valence-electron chi connectivity index (χ0n) is 10.5. The van der Waals surface area contributed by atoms with Crippen molar-refractivity contribution in [2.24, 2.45) is 0 Å². The maximum Gasteiger partial charge on any atom is 0.0599 e. The number of hydrogen-bond donors (Lipinski definition) is 1. The second kappa shape index (κ2) is 7.20. The molecule has 1 aliphatic rings. The number of hydrogen-bond acceptors (Lipinski definition) is 3. The molecule has 1 aliphatic heterocycles. The number of rotatable bonds is 6. The number of nitrogens with zero attached hydrogens (tertiary/aromatic N) is 1. The molecule has 0 radical (unpaired) electrons. The van der Waals surface area contributed by atoms with Gasteiger partial charge >= 0.3 is 0 Å². The molecule has 1 N–H and O–H groups in total. The molecule has 3 nitrogen and oxygen atoms in total. The van der Waals surface area contributed by atoms with E-state index in [0.29, 0.717) is 12.1 Å². The molecule has 0 saturated carbocycles. The molecule has 0 atom stereocenters. The average molecular weight is 214 g/mol. The summed E-state index contributed by atoms with van der Waals surface area (Å²) >= 11 is 0. The zero-order chi connectivity index (χ0) is 11.1. The van der Waals surface area contributed by atoms with Crippen molar-refractivity contribution in [3.8, 4) is 0 Å². The summed E-state index contributed by atoms with van der Waals surface area (Å²) in [4.78, 5) is 2.38. The van der Waals surface area contributed by atoms with E-state index in [0.717, 1.165) is 19.6 Å². The molecule has 0 amide bonds. The summed E-state index contributed by atoms with van der Waals surface area (Å²) in [6, 6.07) is 0.591. The largest absolute Gasteiger partial charge is 0.378 e. The Balaban J connectivity index is 1.91. The van der Waals surface area contributed by atoms with Gasteiger partial charge in [0.15, 0.2) is 0 Å². The fraction of sp³-hybridized carbons (Fsp3) is 1.00. The maximum absolute atomic E-state index is 5.85. The molecule has 0 bridgehead atoms. The molecule has 90 valence electrons. The topological polar surface area (TPSA) is 24.5 Å². The van der Waals surface area contributed by atoms with Crippen LogP contribution in [0, 0.1) is 0 Å². The van der Waals surface area contributed by atoms with Crippen LogP contribution in [0.5, 0.6) is 0 Å². The molecule has 1 saturated heterocycles. The highest BCUT2D eigenvalue weighted by molar-refractivity contribution is 4.69. The highest BCUT2D eigenvalue weighted by Crippen LogP contribution is 2.11. The lowest BCUT2D eigenvalue weighted by Crippen LogP contribution is -2.34. The molecular formula is C12H26N2O.